The SMILES string of the molecule is CCc1nnc(NCC2CCCCN2)s1. The molecule has 2 rings (SSSR count). The van der Waals surface area contributed by atoms with Crippen LogP contribution in [0.15, 0.2) is 0 Å². The Labute approximate surface area is 94.5 Å². The van der Waals surface area contributed by atoms with Crippen molar-refractivity contribution >= 4 is 16.5 Å². The van der Waals surface area contributed by atoms with E-state index in [1.165, 1.54) is 19.3 Å². The molecule has 2 N–H and O–H groups in total. The van der Waals surface area contributed by atoms with E-state index in [-0.39, 0.29) is 0 Å². The van der Waals surface area contributed by atoms with Gasteiger partial charge in [-0.2, -0.15) is 0 Å². The molecule has 0 aromatic carbocycles. The van der Waals surface area contributed by atoms with Crippen LogP contribution in [0.25, 0.3) is 0 Å². The summed E-state index contributed by atoms with van der Waals surface area (Å²) in [6.07, 6.45) is 4.90. The van der Waals surface area contributed by atoms with Gasteiger partial charge in [0.05, 0.1) is 0 Å². The van der Waals surface area contributed by atoms with Gasteiger partial charge in [0.25, 0.3) is 0 Å². The van der Waals surface area contributed by atoms with Crippen LogP contribution in [0, 0.1) is 0 Å². The van der Waals surface area contributed by atoms with Crippen molar-refractivity contribution in [1.29, 1.82) is 0 Å². The molecule has 1 unspecified atom stereocenters. The van der Waals surface area contributed by atoms with Crippen molar-refractivity contribution in [2.75, 3.05) is 18.4 Å². The van der Waals surface area contributed by atoms with E-state index in [1.54, 1.807) is 11.3 Å². The molecule has 1 atom stereocenters. The molecule has 1 fully saturated rings. The molecule has 0 radical (unpaired) electrons. The summed E-state index contributed by atoms with van der Waals surface area (Å²) >= 11 is 1.66. The highest BCUT2D eigenvalue weighted by Crippen LogP contribution is 2.16. The van der Waals surface area contributed by atoms with Crippen LogP contribution in [0.5, 0.6) is 0 Å². The lowest BCUT2D eigenvalue weighted by molar-refractivity contribution is 0.414. The smallest absolute Gasteiger partial charge is 0.205 e. The number of anilines is 1. The summed E-state index contributed by atoms with van der Waals surface area (Å²) in [7, 11) is 0. The summed E-state index contributed by atoms with van der Waals surface area (Å²) in [6.45, 7) is 4.23. The Kier molecular flexibility index (Phi) is 3.91. The molecular weight excluding hydrogens is 208 g/mol. The van der Waals surface area contributed by atoms with Crippen LogP contribution in [0.3, 0.4) is 0 Å². The Morgan fingerprint density at radius 3 is 3.07 bits per heavy atom. The van der Waals surface area contributed by atoms with Crippen molar-refractivity contribution in [1.82, 2.24) is 15.5 Å². The van der Waals surface area contributed by atoms with Gasteiger partial charge in [0.2, 0.25) is 5.13 Å². The minimum absolute atomic E-state index is 0.604. The average Bonchev–Trinajstić information content (AvgIpc) is 2.76. The van der Waals surface area contributed by atoms with Crippen molar-refractivity contribution in [3.63, 3.8) is 0 Å². The lowest BCUT2D eigenvalue weighted by atomic mass is 10.1. The first-order valence-corrected chi connectivity index (χ1v) is 6.49. The van der Waals surface area contributed by atoms with Crippen LogP contribution in [0.2, 0.25) is 0 Å². The summed E-state index contributed by atoms with van der Waals surface area (Å²) in [5, 5.41) is 17.1. The maximum Gasteiger partial charge on any atom is 0.205 e. The fourth-order valence-electron chi connectivity index (χ4n) is 1.78. The van der Waals surface area contributed by atoms with Crippen molar-refractivity contribution in [3.8, 4) is 0 Å². The number of nitrogens with zero attached hydrogens (tertiary/aromatic N) is 2. The Balaban J connectivity index is 1.76. The normalized spacial score (nSPS) is 21.5. The van der Waals surface area contributed by atoms with Crippen LogP contribution in [0.4, 0.5) is 5.13 Å². The second-order valence-corrected chi connectivity index (χ2v) is 4.94. The summed E-state index contributed by atoms with van der Waals surface area (Å²) in [6, 6.07) is 0.604. The number of nitrogens with one attached hydrogen (secondary N) is 2. The van der Waals surface area contributed by atoms with Gasteiger partial charge in [0, 0.05) is 12.6 Å². The Morgan fingerprint density at radius 1 is 1.47 bits per heavy atom. The average molecular weight is 226 g/mol. The molecule has 1 aliphatic heterocycles. The third-order valence-corrected chi connectivity index (χ3v) is 3.71. The molecule has 1 aromatic rings. The topological polar surface area (TPSA) is 49.8 Å². The van der Waals surface area contributed by atoms with E-state index in [2.05, 4.69) is 27.8 Å². The summed E-state index contributed by atoms with van der Waals surface area (Å²) in [5.74, 6) is 0. The Hall–Kier alpha value is -0.680. The fraction of sp³-hybridized carbons (Fsp3) is 0.800. The molecule has 0 bridgehead atoms. The van der Waals surface area contributed by atoms with Gasteiger partial charge in [-0.3, -0.25) is 0 Å². The lowest BCUT2D eigenvalue weighted by Crippen LogP contribution is -2.39. The van der Waals surface area contributed by atoms with Crippen molar-refractivity contribution in [2.45, 2.75) is 38.6 Å². The van der Waals surface area contributed by atoms with E-state index < -0.39 is 0 Å². The molecule has 1 saturated heterocycles. The first-order valence-electron chi connectivity index (χ1n) is 5.68. The van der Waals surface area contributed by atoms with E-state index in [4.69, 9.17) is 0 Å². The highest BCUT2D eigenvalue weighted by molar-refractivity contribution is 7.15. The Bertz CT molecular complexity index is 293. The first kappa shape index (κ1) is 10.8. The van der Waals surface area contributed by atoms with E-state index in [0.717, 1.165) is 29.6 Å². The van der Waals surface area contributed by atoms with Crippen LogP contribution < -0.4 is 10.6 Å². The molecule has 0 spiro atoms. The molecule has 15 heavy (non-hydrogen) atoms. The molecule has 0 saturated carbocycles. The minimum Gasteiger partial charge on any atom is -0.359 e. The second-order valence-electron chi connectivity index (χ2n) is 3.88. The molecular formula is C10H18N4S. The van der Waals surface area contributed by atoms with Crippen LogP contribution >= 0.6 is 11.3 Å². The van der Waals surface area contributed by atoms with E-state index in [9.17, 15) is 0 Å². The third kappa shape index (κ3) is 3.14. The number of rotatable bonds is 4. The maximum absolute atomic E-state index is 4.10. The van der Waals surface area contributed by atoms with Crippen LogP contribution in [0.1, 0.15) is 31.2 Å². The largest absolute Gasteiger partial charge is 0.359 e. The highest BCUT2D eigenvalue weighted by atomic mass is 32.1. The second kappa shape index (κ2) is 5.42. The number of hydrogen-bond acceptors (Lipinski definition) is 5. The molecule has 0 aliphatic carbocycles. The van der Waals surface area contributed by atoms with Gasteiger partial charge in [0.15, 0.2) is 0 Å². The van der Waals surface area contributed by atoms with E-state index >= 15 is 0 Å². The quantitative estimate of drug-likeness (QED) is 0.819. The highest BCUT2D eigenvalue weighted by Gasteiger charge is 2.12. The van der Waals surface area contributed by atoms with Crippen molar-refractivity contribution < 1.29 is 0 Å². The summed E-state index contributed by atoms with van der Waals surface area (Å²) in [4.78, 5) is 0. The number of aryl methyl sites for hydroxylation is 1. The van der Waals surface area contributed by atoms with Gasteiger partial charge in [0.1, 0.15) is 5.01 Å². The van der Waals surface area contributed by atoms with Crippen LogP contribution in [-0.2, 0) is 6.42 Å². The molecule has 2 heterocycles. The van der Waals surface area contributed by atoms with Crippen molar-refractivity contribution in [3.05, 3.63) is 5.01 Å². The van der Waals surface area contributed by atoms with Gasteiger partial charge < -0.3 is 10.6 Å². The summed E-state index contributed by atoms with van der Waals surface area (Å²) in [5.41, 5.74) is 0. The molecule has 4 nitrogen and oxygen atoms in total. The third-order valence-electron chi connectivity index (χ3n) is 2.68. The fourth-order valence-corrected chi connectivity index (χ4v) is 2.46. The zero-order valence-electron chi connectivity index (χ0n) is 9.12. The van der Waals surface area contributed by atoms with Gasteiger partial charge in [-0.05, 0) is 25.8 Å². The van der Waals surface area contributed by atoms with Gasteiger partial charge >= 0.3 is 0 Å². The predicted octanol–water partition coefficient (Wildman–Crippen LogP) is 1.65. The predicted molar refractivity (Wildman–Crippen MR) is 63.4 cm³/mol. The zero-order valence-corrected chi connectivity index (χ0v) is 9.94. The van der Waals surface area contributed by atoms with Crippen molar-refractivity contribution in [2.24, 2.45) is 0 Å². The van der Waals surface area contributed by atoms with Crippen LogP contribution in [-0.4, -0.2) is 29.3 Å². The summed E-state index contributed by atoms with van der Waals surface area (Å²) < 4.78 is 0. The van der Waals surface area contributed by atoms with Gasteiger partial charge in [-0.15, -0.1) is 10.2 Å². The zero-order chi connectivity index (χ0) is 10.5. The molecule has 0 amide bonds. The standard InChI is InChI=1S/C10H18N4S/c1-2-9-13-14-10(15-9)12-7-8-5-3-4-6-11-8/h8,11H,2-7H2,1H3,(H,12,14). The number of aromatic nitrogens is 2. The van der Waals surface area contributed by atoms with E-state index in [0.29, 0.717) is 6.04 Å². The first-order chi connectivity index (χ1) is 7.38. The maximum atomic E-state index is 4.10. The molecule has 5 heteroatoms. The lowest BCUT2D eigenvalue weighted by Gasteiger charge is -2.23. The molecule has 84 valence electrons. The Morgan fingerprint density at radius 2 is 2.40 bits per heavy atom. The number of hydrogen-bond donors (Lipinski definition) is 2. The molecule has 1 aliphatic rings. The molecule has 1 aromatic heterocycles. The van der Waals surface area contributed by atoms with E-state index in [1.807, 2.05) is 0 Å². The minimum atomic E-state index is 0.604. The number of piperidine rings is 1. The monoisotopic (exact) mass is 226 g/mol. The van der Waals surface area contributed by atoms with Gasteiger partial charge in [-0.1, -0.05) is 24.7 Å². The van der Waals surface area contributed by atoms with Gasteiger partial charge in [-0.25, -0.2) is 0 Å².